The van der Waals surface area contributed by atoms with Gasteiger partial charge in [-0.15, -0.1) is 11.3 Å². The van der Waals surface area contributed by atoms with Crippen LogP contribution in [0.5, 0.6) is 0 Å². The molecule has 1 atom stereocenters. The Kier molecular flexibility index (Phi) is 3.89. The Hall–Kier alpha value is -2.86. The number of benzene rings is 1. The van der Waals surface area contributed by atoms with Crippen LogP contribution in [0.1, 0.15) is 35.0 Å². The van der Waals surface area contributed by atoms with E-state index in [0.29, 0.717) is 11.5 Å². The van der Waals surface area contributed by atoms with E-state index in [2.05, 4.69) is 10.3 Å². The number of thiazole rings is 1. The number of aromatic nitrogens is 1. The zero-order valence-corrected chi connectivity index (χ0v) is 14.6. The number of hydrogen-bond acceptors (Lipinski definition) is 5. The van der Waals surface area contributed by atoms with Gasteiger partial charge in [-0.3, -0.25) is 4.79 Å². The van der Waals surface area contributed by atoms with Gasteiger partial charge in [-0.25, -0.2) is 4.98 Å². The number of carbonyl (C=O) groups is 1. The molecule has 1 amide bonds. The predicted octanol–water partition coefficient (Wildman–Crippen LogP) is 4.95. The fraction of sp³-hybridized carbons (Fsp3) is 0.158. The zero-order valence-electron chi connectivity index (χ0n) is 13.8. The number of hydrogen-bond donors (Lipinski definition) is 1. The fourth-order valence-electron chi connectivity index (χ4n) is 2.58. The van der Waals surface area contributed by atoms with Crippen molar-refractivity contribution in [2.24, 2.45) is 0 Å². The summed E-state index contributed by atoms with van der Waals surface area (Å²) in [5.74, 6) is 2.09. The number of nitrogens with zero attached hydrogens (tertiary/aromatic N) is 1. The van der Waals surface area contributed by atoms with Crippen LogP contribution < -0.4 is 5.32 Å². The van der Waals surface area contributed by atoms with Crippen LogP contribution >= 0.6 is 11.3 Å². The molecule has 0 spiro atoms. The summed E-state index contributed by atoms with van der Waals surface area (Å²) in [6.07, 6.45) is 0. The molecule has 0 bridgehead atoms. The molecule has 0 saturated heterocycles. The molecule has 1 N–H and O–H groups in total. The molecule has 3 aromatic heterocycles. The third-order valence-electron chi connectivity index (χ3n) is 3.87. The SMILES string of the molecule is Cc1ccc(C(C)NC(=O)c2ccc(-c3nc4ccccc4s3)o2)o1. The van der Waals surface area contributed by atoms with Gasteiger partial charge in [0.1, 0.15) is 11.5 Å². The van der Waals surface area contributed by atoms with Crippen LogP contribution in [0.4, 0.5) is 0 Å². The van der Waals surface area contributed by atoms with Gasteiger partial charge in [-0.05, 0) is 50.2 Å². The predicted molar refractivity (Wildman–Crippen MR) is 96.6 cm³/mol. The molecule has 6 heteroatoms. The summed E-state index contributed by atoms with van der Waals surface area (Å²) in [4.78, 5) is 16.9. The smallest absolute Gasteiger partial charge is 0.287 e. The average Bonchev–Trinajstić information content (AvgIpc) is 3.33. The molecule has 0 aliphatic rings. The Balaban J connectivity index is 1.53. The topological polar surface area (TPSA) is 68.3 Å². The molecule has 3 heterocycles. The summed E-state index contributed by atoms with van der Waals surface area (Å²) in [5, 5.41) is 3.63. The van der Waals surface area contributed by atoms with Crippen LogP contribution in [0.3, 0.4) is 0 Å². The molecule has 25 heavy (non-hydrogen) atoms. The maximum Gasteiger partial charge on any atom is 0.287 e. The highest BCUT2D eigenvalue weighted by molar-refractivity contribution is 7.21. The first-order chi connectivity index (χ1) is 12.1. The number of carbonyl (C=O) groups excluding carboxylic acids is 1. The second-order valence-electron chi connectivity index (χ2n) is 5.79. The van der Waals surface area contributed by atoms with Crippen LogP contribution in [-0.4, -0.2) is 10.9 Å². The van der Waals surface area contributed by atoms with Crippen molar-refractivity contribution >= 4 is 27.5 Å². The average molecular weight is 352 g/mol. The minimum atomic E-state index is -0.283. The number of furan rings is 2. The van der Waals surface area contributed by atoms with Crippen molar-refractivity contribution in [2.75, 3.05) is 0 Å². The lowest BCUT2D eigenvalue weighted by molar-refractivity contribution is 0.0908. The molecular weight excluding hydrogens is 336 g/mol. The lowest BCUT2D eigenvalue weighted by Crippen LogP contribution is -2.25. The van der Waals surface area contributed by atoms with Gasteiger partial charge in [0.2, 0.25) is 0 Å². The summed E-state index contributed by atoms with van der Waals surface area (Å²) in [6, 6.07) is 14.8. The molecule has 4 rings (SSSR count). The maximum absolute atomic E-state index is 12.4. The summed E-state index contributed by atoms with van der Waals surface area (Å²) < 4.78 is 12.3. The molecular formula is C19H16N2O3S. The van der Waals surface area contributed by atoms with Crippen molar-refractivity contribution in [1.29, 1.82) is 0 Å². The molecule has 4 aromatic rings. The summed E-state index contributed by atoms with van der Waals surface area (Å²) in [7, 11) is 0. The number of fused-ring (bicyclic) bond motifs is 1. The van der Waals surface area contributed by atoms with Crippen LogP contribution in [0.2, 0.25) is 0 Å². The van der Waals surface area contributed by atoms with Crippen molar-refractivity contribution in [1.82, 2.24) is 10.3 Å². The fourth-order valence-corrected chi connectivity index (χ4v) is 3.50. The monoisotopic (exact) mass is 352 g/mol. The van der Waals surface area contributed by atoms with Gasteiger partial charge < -0.3 is 14.2 Å². The number of para-hydroxylation sites is 1. The first-order valence-corrected chi connectivity index (χ1v) is 8.75. The molecule has 0 aliphatic carbocycles. The van der Waals surface area contributed by atoms with E-state index < -0.39 is 0 Å². The first-order valence-electron chi connectivity index (χ1n) is 7.93. The van der Waals surface area contributed by atoms with Crippen molar-refractivity contribution in [2.45, 2.75) is 19.9 Å². The summed E-state index contributed by atoms with van der Waals surface area (Å²) in [6.45, 7) is 3.74. The van der Waals surface area contributed by atoms with Gasteiger partial charge in [-0.2, -0.15) is 0 Å². The third-order valence-corrected chi connectivity index (χ3v) is 4.92. The van der Waals surface area contributed by atoms with Crippen molar-refractivity contribution < 1.29 is 13.6 Å². The normalized spacial score (nSPS) is 12.4. The van der Waals surface area contributed by atoms with E-state index in [-0.39, 0.29) is 17.7 Å². The highest BCUT2D eigenvalue weighted by Crippen LogP contribution is 2.31. The van der Waals surface area contributed by atoms with Crippen molar-refractivity contribution in [3.8, 4) is 10.8 Å². The van der Waals surface area contributed by atoms with Gasteiger partial charge in [-0.1, -0.05) is 12.1 Å². The van der Waals surface area contributed by atoms with Crippen LogP contribution in [0, 0.1) is 6.92 Å². The lowest BCUT2D eigenvalue weighted by Gasteiger charge is -2.09. The Morgan fingerprint density at radius 2 is 1.96 bits per heavy atom. The standard InChI is InChI=1S/C19H16N2O3S/c1-11-7-8-14(23-11)12(2)20-18(22)15-9-10-16(24-15)19-21-13-5-3-4-6-17(13)25-19/h3-10,12H,1-2H3,(H,20,22). The summed E-state index contributed by atoms with van der Waals surface area (Å²) >= 11 is 1.54. The van der Waals surface area contributed by atoms with Gasteiger partial charge in [0, 0.05) is 0 Å². The van der Waals surface area contributed by atoms with Crippen LogP contribution in [0.15, 0.2) is 57.4 Å². The van der Waals surface area contributed by atoms with Crippen LogP contribution in [0.25, 0.3) is 21.0 Å². The van der Waals surface area contributed by atoms with Gasteiger partial charge >= 0.3 is 0 Å². The van der Waals surface area contributed by atoms with Gasteiger partial charge in [0.15, 0.2) is 16.5 Å². The van der Waals surface area contributed by atoms with E-state index in [0.717, 1.165) is 21.0 Å². The number of amides is 1. The van der Waals surface area contributed by atoms with E-state index in [9.17, 15) is 4.79 Å². The Labute approximate surface area is 148 Å². The Morgan fingerprint density at radius 1 is 1.12 bits per heavy atom. The van der Waals surface area contributed by atoms with Crippen LogP contribution in [-0.2, 0) is 0 Å². The molecule has 0 fully saturated rings. The number of aryl methyl sites for hydroxylation is 1. The van der Waals surface area contributed by atoms with E-state index in [1.54, 1.807) is 12.1 Å². The Bertz CT molecular complexity index is 1010. The van der Waals surface area contributed by atoms with Crippen molar-refractivity contribution in [3.05, 3.63) is 65.8 Å². The lowest BCUT2D eigenvalue weighted by atomic mass is 10.2. The summed E-state index contributed by atoms with van der Waals surface area (Å²) in [5.41, 5.74) is 0.923. The van der Waals surface area contributed by atoms with Crippen molar-refractivity contribution in [3.63, 3.8) is 0 Å². The zero-order chi connectivity index (χ0) is 17.4. The number of rotatable bonds is 4. The quantitative estimate of drug-likeness (QED) is 0.564. The van der Waals surface area contributed by atoms with E-state index in [1.165, 1.54) is 11.3 Å². The molecule has 5 nitrogen and oxygen atoms in total. The van der Waals surface area contributed by atoms with Gasteiger partial charge in [0.25, 0.3) is 5.91 Å². The van der Waals surface area contributed by atoms with E-state index in [4.69, 9.17) is 8.83 Å². The minimum absolute atomic E-state index is 0.239. The third kappa shape index (κ3) is 3.08. The molecule has 0 aliphatic heterocycles. The molecule has 1 aromatic carbocycles. The van der Waals surface area contributed by atoms with E-state index in [1.807, 2.05) is 50.2 Å². The molecule has 1 unspecified atom stereocenters. The molecule has 0 saturated carbocycles. The second-order valence-corrected chi connectivity index (χ2v) is 6.82. The largest absolute Gasteiger partial charge is 0.464 e. The highest BCUT2D eigenvalue weighted by atomic mass is 32.1. The molecule has 126 valence electrons. The Morgan fingerprint density at radius 3 is 2.72 bits per heavy atom. The second kappa shape index (κ2) is 6.22. The van der Waals surface area contributed by atoms with Gasteiger partial charge in [0.05, 0.1) is 16.3 Å². The minimum Gasteiger partial charge on any atom is -0.464 e. The maximum atomic E-state index is 12.4. The van der Waals surface area contributed by atoms with E-state index >= 15 is 0 Å². The highest BCUT2D eigenvalue weighted by Gasteiger charge is 2.18. The number of nitrogens with one attached hydrogen (secondary N) is 1. The first kappa shape index (κ1) is 15.7. The molecule has 0 radical (unpaired) electrons.